The molecule has 2 N–H and O–H groups in total. The third kappa shape index (κ3) is 1.39. The molecule has 0 radical (unpaired) electrons. The molecule has 1 saturated heterocycles. The number of urea groups is 1. The van der Waals surface area contributed by atoms with Crippen molar-refractivity contribution in [1.29, 1.82) is 0 Å². The molecule has 1 rings (SSSR count). The molecule has 10 heavy (non-hydrogen) atoms. The average Bonchev–Trinajstić information content (AvgIpc) is 1.82. The van der Waals surface area contributed by atoms with Gasteiger partial charge in [0.05, 0.1) is 0 Å². The lowest BCUT2D eigenvalue weighted by molar-refractivity contribution is -0.120. The Morgan fingerprint density at radius 3 is 2.60 bits per heavy atom. The number of hydrogen-bond acceptors (Lipinski definition) is 2. The third-order valence-corrected chi connectivity index (χ3v) is 2.93. The van der Waals surface area contributed by atoms with Crippen molar-refractivity contribution in [1.82, 2.24) is 10.6 Å². The van der Waals surface area contributed by atoms with Crippen molar-refractivity contribution < 1.29 is 9.59 Å². The molecule has 0 aromatic rings. The first-order valence-corrected chi connectivity index (χ1v) is 4.11. The van der Waals surface area contributed by atoms with Gasteiger partial charge in [0, 0.05) is 6.04 Å². The normalized spacial score (nSPS) is 33.0. The van der Waals surface area contributed by atoms with Crippen molar-refractivity contribution in [2.75, 3.05) is 0 Å². The summed E-state index contributed by atoms with van der Waals surface area (Å²) in [5.41, 5.74) is 0. The third-order valence-electron chi connectivity index (χ3n) is 1.28. The summed E-state index contributed by atoms with van der Waals surface area (Å²) >= 11 is 1.99. The van der Waals surface area contributed by atoms with Crippen molar-refractivity contribution in [3.8, 4) is 0 Å². The van der Waals surface area contributed by atoms with Crippen molar-refractivity contribution in [2.45, 2.75) is 16.9 Å². The molecule has 0 aliphatic carbocycles. The van der Waals surface area contributed by atoms with E-state index in [0.717, 1.165) is 0 Å². The van der Waals surface area contributed by atoms with E-state index >= 15 is 0 Å². The summed E-state index contributed by atoms with van der Waals surface area (Å²) in [6.45, 7) is 1.80. The van der Waals surface area contributed by atoms with Gasteiger partial charge in [-0.1, -0.05) is 22.6 Å². The summed E-state index contributed by atoms with van der Waals surface area (Å²) in [5.74, 6) is -0.211. The first-order valence-electron chi connectivity index (χ1n) is 2.86. The second-order valence-corrected chi connectivity index (χ2v) is 3.50. The summed E-state index contributed by atoms with van der Waals surface area (Å²) in [7, 11) is 0. The highest BCUT2D eigenvalue weighted by molar-refractivity contribution is 14.1. The van der Waals surface area contributed by atoms with Crippen LogP contribution in [-0.4, -0.2) is 21.9 Å². The van der Waals surface area contributed by atoms with E-state index < -0.39 is 6.03 Å². The minimum absolute atomic E-state index is 0.0677. The molecule has 0 bridgehead atoms. The van der Waals surface area contributed by atoms with Crippen molar-refractivity contribution >= 4 is 34.5 Å². The molecule has 0 spiro atoms. The number of carbonyl (C=O) groups is 2. The fourth-order valence-corrected chi connectivity index (χ4v) is 1.06. The predicted octanol–water partition coefficient (Wildman–Crippen LogP) is 0.0179. The van der Waals surface area contributed by atoms with Gasteiger partial charge in [-0.25, -0.2) is 4.79 Å². The largest absolute Gasteiger partial charge is 0.334 e. The van der Waals surface area contributed by atoms with E-state index in [2.05, 4.69) is 10.6 Å². The molecule has 2 unspecified atom stereocenters. The minimum atomic E-state index is -0.398. The van der Waals surface area contributed by atoms with Crippen LogP contribution in [0.5, 0.6) is 0 Å². The second kappa shape index (κ2) is 2.73. The summed E-state index contributed by atoms with van der Waals surface area (Å²) in [6, 6.07) is -0.465. The van der Waals surface area contributed by atoms with Crippen LogP contribution in [-0.2, 0) is 4.79 Å². The number of rotatable bonds is 0. The molecule has 4 nitrogen and oxygen atoms in total. The molecule has 1 aliphatic heterocycles. The SMILES string of the molecule is CC1NC(=O)NC(=O)C1I. The van der Waals surface area contributed by atoms with Gasteiger partial charge in [-0.15, -0.1) is 0 Å². The molecule has 1 aliphatic rings. The number of alkyl halides is 1. The Hall–Kier alpha value is -0.330. The van der Waals surface area contributed by atoms with Gasteiger partial charge in [0.1, 0.15) is 3.92 Å². The zero-order chi connectivity index (χ0) is 7.72. The first-order chi connectivity index (χ1) is 4.61. The van der Waals surface area contributed by atoms with E-state index in [9.17, 15) is 9.59 Å². The Morgan fingerprint density at radius 2 is 2.10 bits per heavy atom. The molecule has 2 atom stereocenters. The van der Waals surface area contributed by atoms with Gasteiger partial charge in [0.15, 0.2) is 0 Å². The lowest BCUT2D eigenvalue weighted by Gasteiger charge is -2.24. The van der Waals surface area contributed by atoms with E-state index in [0.29, 0.717) is 0 Å². The first kappa shape index (κ1) is 7.77. The molecule has 1 fully saturated rings. The Balaban J connectivity index is 2.66. The van der Waals surface area contributed by atoms with Crippen LogP contribution in [0.2, 0.25) is 0 Å². The van der Waals surface area contributed by atoms with Gasteiger partial charge in [-0.3, -0.25) is 10.1 Å². The molecule has 56 valence electrons. The summed E-state index contributed by atoms with van der Waals surface area (Å²) in [5, 5.41) is 4.74. The lowest BCUT2D eigenvalue weighted by atomic mass is 10.2. The fourth-order valence-electron chi connectivity index (χ4n) is 0.724. The maximum absolute atomic E-state index is 10.8. The summed E-state index contributed by atoms with van der Waals surface area (Å²) in [4.78, 5) is 21.4. The Bertz CT molecular complexity index is 182. The van der Waals surface area contributed by atoms with Crippen LogP contribution in [0.15, 0.2) is 0 Å². The van der Waals surface area contributed by atoms with Crippen LogP contribution < -0.4 is 10.6 Å². The molecule has 0 saturated carbocycles. The van der Waals surface area contributed by atoms with Gasteiger partial charge >= 0.3 is 6.03 Å². The zero-order valence-corrected chi connectivity index (χ0v) is 7.51. The topological polar surface area (TPSA) is 58.2 Å². The van der Waals surface area contributed by atoms with Crippen LogP contribution in [0.25, 0.3) is 0 Å². The molecular weight excluding hydrogens is 247 g/mol. The number of halogens is 1. The number of imide groups is 1. The smallest absolute Gasteiger partial charge is 0.321 e. The highest BCUT2D eigenvalue weighted by atomic mass is 127. The fraction of sp³-hybridized carbons (Fsp3) is 0.600. The van der Waals surface area contributed by atoms with Crippen molar-refractivity contribution in [3.05, 3.63) is 0 Å². The highest BCUT2D eigenvalue weighted by Gasteiger charge is 2.29. The quantitative estimate of drug-likeness (QED) is 0.473. The van der Waals surface area contributed by atoms with E-state index in [-0.39, 0.29) is 15.9 Å². The summed E-state index contributed by atoms with van der Waals surface area (Å²) in [6.07, 6.45) is 0. The van der Waals surface area contributed by atoms with E-state index in [4.69, 9.17) is 0 Å². The lowest BCUT2D eigenvalue weighted by Crippen LogP contribution is -2.57. The Labute approximate surface area is 71.9 Å². The minimum Gasteiger partial charge on any atom is -0.334 e. The van der Waals surface area contributed by atoms with Gasteiger partial charge in [-0.05, 0) is 6.92 Å². The van der Waals surface area contributed by atoms with E-state index in [1.54, 1.807) is 6.92 Å². The van der Waals surface area contributed by atoms with Gasteiger partial charge < -0.3 is 5.32 Å². The van der Waals surface area contributed by atoms with Gasteiger partial charge in [0.2, 0.25) is 5.91 Å². The molecule has 0 aromatic carbocycles. The number of amides is 3. The van der Waals surface area contributed by atoms with Crippen LogP contribution in [0.1, 0.15) is 6.92 Å². The van der Waals surface area contributed by atoms with E-state index in [1.165, 1.54) is 0 Å². The molecule has 3 amide bonds. The monoisotopic (exact) mass is 254 g/mol. The number of carbonyl (C=O) groups excluding carboxylic acids is 2. The van der Waals surface area contributed by atoms with Crippen LogP contribution in [0.4, 0.5) is 4.79 Å². The van der Waals surface area contributed by atoms with Gasteiger partial charge in [-0.2, -0.15) is 0 Å². The number of hydrogen-bond donors (Lipinski definition) is 2. The van der Waals surface area contributed by atoms with Crippen molar-refractivity contribution in [2.24, 2.45) is 0 Å². The molecule has 1 heterocycles. The standard InChI is InChI=1S/C5H7IN2O2/c1-2-3(6)4(9)8-5(10)7-2/h2-3H,1H3,(H2,7,8,9,10). The van der Waals surface area contributed by atoms with Gasteiger partial charge in [0.25, 0.3) is 0 Å². The van der Waals surface area contributed by atoms with Crippen LogP contribution in [0, 0.1) is 0 Å². The van der Waals surface area contributed by atoms with Crippen molar-refractivity contribution in [3.63, 3.8) is 0 Å². The molecule has 5 heteroatoms. The maximum Gasteiger partial charge on any atom is 0.321 e. The predicted molar refractivity (Wildman–Crippen MR) is 43.9 cm³/mol. The number of nitrogens with one attached hydrogen (secondary N) is 2. The zero-order valence-electron chi connectivity index (χ0n) is 5.35. The maximum atomic E-state index is 10.8. The molecule has 0 aromatic heterocycles. The van der Waals surface area contributed by atoms with Crippen LogP contribution in [0.3, 0.4) is 0 Å². The Kier molecular flexibility index (Phi) is 2.12. The molecular formula is C5H7IN2O2. The average molecular weight is 254 g/mol. The second-order valence-electron chi connectivity index (χ2n) is 2.15. The van der Waals surface area contributed by atoms with E-state index in [1.807, 2.05) is 22.6 Å². The highest BCUT2D eigenvalue weighted by Crippen LogP contribution is 2.09. The Morgan fingerprint density at radius 1 is 1.50 bits per heavy atom. The van der Waals surface area contributed by atoms with Crippen LogP contribution >= 0.6 is 22.6 Å². The summed E-state index contributed by atoms with van der Waals surface area (Å²) < 4.78 is -0.157.